The summed E-state index contributed by atoms with van der Waals surface area (Å²) in [5, 5.41) is 19.8. The van der Waals surface area contributed by atoms with Gasteiger partial charge in [-0.2, -0.15) is 8.42 Å². The maximum atomic E-state index is 11.9. The lowest BCUT2D eigenvalue weighted by molar-refractivity contribution is 0.0690. The number of likely N-dealkylation sites (N-methyl/N-ethyl adjacent to an activating group) is 1. The zero-order chi connectivity index (χ0) is 18.6. The van der Waals surface area contributed by atoms with Crippen LogP contribution in [0, 0.1) is 0 Å². The van der Waals surface area contributed by atoms with Crippen LogP contribution in [0.15, 0.2) is 30.6 Å². The summed E-state index contributed by atoms with van der Waals surface area (Å²) >= 11 is 0. The summed E-state index contributed by atoms with van der Waals surface area (Å²) in [6.07, 6.45) is 2.34. The Morgan fingerprint density at radius 2 is 2.00 bits per heavy atom. The van der Waals surface area contributed by atoms with Crippen molar-refractivity contribution < 1.29 is 23.1 Å². The summed E-state index contributed by atoms with van der Waals surface area (Å²) in [6.45, 7) is 1.03. The number of carbonyl (C=O) groups excluding carboxylic acids is 1. The molecule has 0 atom stereocenters. The monoisotopic (exact) mass is 367 g/mol. The van der Waals surface area contributed by atoms with Gasteiger partial charge in [-0.05, 0) is 19.2 Å². The molecule has 2 aromatic heterocycles. The van der Waals surface area contributed by atoms with Gasteiger partial charge in [0.15, 0.2) is 5.69 Å². The van der Waals surface area contributed by atoms with Crippen LogP contribution in [0.25, 0.3) is 11.1 Å². The second kappa shape index (κ2) is 7.42. The number of carboxylic acid groups (broad SMARTS) is 1. The van der Waals surface area contributed by atoms with E-state index in [0.29, 0.717) is 22.6 Å². The molecular formula is C14H17N5O5S. The van der Waals surface area contributed by atoms with Crippen molar-refractivity contribution in [2.45, 2.75) is 0 Å². The molecule has 0 aromatic carbocycles. The van der Waals surface area contributed by atoms with E-state index in [1.54, 1.807) is 7.05 Å². The minimum absolute atomic E-state index is 0.121. The van der Waals surface area contributed by atoms with Gasteiger partial charge in [-0.1, -0.05) is 6.07 Å². The van der Waals surface area contributed by atoms with Crippen LogP contribution in [-0.2, 0) is 10.2 Å². The molecule has 0 aliphatic carbocycles. The Hall–Kier alpha value is -2.76. The van der Waals surface area contributed by atoms with Gasteiger partial charge in [0.1, 0.15) is 5.69 Å². The number of carboxylic acids is 1. The van der Waals surface area contributed by atoms with Crippen molar-refractivity contribution in [2.75, 3.05) is 20.1 Å². The highest BCUT2D eigenvalue weighted by Gasteiger charge is 2.23. The Balaban J connectivity index is 2.33. The zero-order valence-corrected chi connectivity index (χ0v) is 14.1. The molecule has 0 bridgehead atoms. The molecule has 0 aliphatic heterocycles. The average Bonchev–Trinajstić information content (AvgIpc) is 3.00. The molecule has 1 amide bonds. The van der Waals surface area contributed by atoms with Crippen molar-refractivity contribution in [3.8, 4) is 11.1 Å². The van der Waals surface area contributed by atoms with Gasteiger partial charge in [-0.3, -0.25) is 9.78 Å². The first kappa shape index (κ1) is 18.6. The van der Waals surface area contributed by atoms with E-state index in [4.69, 9.17) is 5.14 Å². The van der Waals surface area contributed by atoms with Crippen LogP contribution in [-0.4, -0.2) is 54.5 Å². The quantitative estimate of drug-likeness (QED) is 0.469. The maximum absolute atomic E-state index is 11.9. The van der Waals surface area contributed by atoms with Gasteiger partial charge in [0.2, 0.25) is 0 Å². The number of nitrogens with zero attached hydrogens (tertiary/aromatic N) is 2. The van der Waals surface area contributed by atoms with E-state index in [0.717, 1.165) is 6.20 Å². The largest absolute Gasteiger partial charge is 0.477 e. The molecule has 2 rings (SSSR count). The molecule has 0 saturated heterocycles. The van der Waals surface area contributed by atoms with Crippen molar-refractivity contribution >= 4 is 22.1 Å². The first-order chi connectivity index (χ1) is 11.8. The number of rotatable bonds is 7. The number of aromatic nitrogens is 2. The summed E-state index contributed by atoms with van der Waals surface area (Å²) in [6, 6.07) is 4.21. The molecule has 2 heterocycles. The molecule has 0 spiro atoms. The number of nitrogens with two attached hydrogens (primary N) is 1. The fraction of sp³-hybridized carbons (Fsp3) is 0.214. The van der Waals surface area contributed by atoms with Gasteiger partial charge >= 0.3 is 16.2 Å². The van der Waals surface area contributed by atoms with Crippen molar-refractivity contribution in [3.05, 3.63) is 42.0 Å². The summed E-state index contributed by atoms with van der Waals surface area (Å²) in [4.78, 5) is 27.3. The molecule has 0 radical (unpaired) electrons. The van der Waals surface area contributed by atoms with Gasteiger partial charge in [-0.15, -0.1) is 0 Å². The number of hydrogen-bond donors (Lipinski definition) is 4. The van der Waals surface area contributed by atoms with Crippen LogP contribution >= 0.6 is 0 Å². The second-order valence-corrected chi connectivity index (χ2v) is 6.44. The molecule has 10 nitrogen and oxygen atoms in total. The van der Waals surface area contributed by atoms with Crippen molar-refractivity contribution in [1.29, 1.82) is 0 Å². The van der Waals surface area contributed by atoms with Gasteiger partial charge in [-0.25, -0.2) is 13.9 Å². The molecule has 134 valence electrons. The molecular weight excluding hydrogens is 350 g/mol. The first-order valence-electron chi connectivity index (χ1n) is 7.13. The molecule has 2 aromatic rings. The summed E-state index contributed by atoms with van der Waals surface area (Å²) in [5.74, 6) is -1.83. The predicted octanol–water partition coefficient (Wildman–Crippen LogP) is -0.751. The summed E-state index contributed by atoms with van der Waals surface area (Å²) in [5.41, 5.74) is 0.112. The Morgan fingerprint density at radius 3 is 2.52 bits per heavy atom. The fourth-order valence-corrected chi connectivity index (χ4v) is 2.81. The van der Waals surface area contributed by atoms with Crippen molar-refractivity contribution in [2.24, 2.45) is 5.14 Å². The molecule has 0 fully saturated rings. The number of carbonyl (C=O) groups is 2. The molecule has 0 aliphatic rings. The van der Waals surface area contributed by atoms with E-state index in [-0.39, 0.29) is 17.2 Å². The van der Waals surface area contributed by atoms with Crippen LogP contribution in [0.2, 0.25) is 0 Å². The Morgan fingerprint density at radius 1 is 1.28 bits per heavy atom. The SMILES string of the molecule is CNCCNC(=O)c1ccc(-c2ccn(S(N)(=O)=O)c2C(=O)O)cn1. The number of nitrogens with one attached hydrogen (secondary N) is 2. The lowest BCUT2D eigenvalue weighted by Gasteiger charge is -2.07. The zero-order valence-electron chi connectivity index (χ0n) is 13.3. The van der Waals surface area contributed by atoms with E-state index in [9.17, 15) is 23.1 Å². The van der Waals surface area contributed by atoms with Crippen LogP contribution in [0.4, 0.5) is 0 Å². The van der Waals surface area contributed by atoms with E-state index < -0.39 is 21.9 Å². The third kappa shape index (κ3) is 4.21. The standard InChI is InChI=1S/C14H17N5O5S/c1-16-5-6-17-13(20)11-3-2-9(8-18-11)10-4-7-19(25(15,23)24)12(10)14(21)22/h2-4,7-8,16H,5-6H2,1H3,(H,17,20)(H,21,22)(H2,15,23,24). The van der Waals surface area contributed by atoms with E-state index in [2.05, 4.69) is 15.6 Å². The lowest BCUT2D eigenvalue weighted by atomic mass is 10.1. The van der Waals surface area contributed by atoms with Gasteiger partial charge in [0.25, 0.3) is 5.91 Å². The summed E-state index contributed by atoms with van der Waals surface area (Å²) in [7, 11) is -2.50. The Bertz CT molecular complexity index is 889. The van der Waals surface area contributed by atoms with Gasteiger partial charge in [0, 0.05) is 36.6 Å². The second-order valence-electron chi connectivity index (χ2n) is 5.02. The average molecular weight is 367 g/mol. The molecule has 0 saturated carbocycles. The number of aromatic carboxylic acids is 1. The topological polar surface area (TPSA) is 156 Å². The van der Waals surface area contributed by atoms with Crippen LogP contribution in [0.3, 0.4) is 0 Å². The molecule has 25 heavy (non-hydrogen) atoms. The van der Waals surface area contributed by atoms with Crippen LogP contribution in [0.5, 0.6) is 0 Å². The molecule has 0 unspecified atom stereocenters. The Labute approximate surface area is 143 Å². The van der Waals surface area contributed by atoms with Crippen molar-refractivity contribution in [3.63, 3.8) is 0 Å². The minimum atomic E-state index is -4.25. The number of hydrogen-bond acceptors (Lipinski definition) is 6. The van der Waals surface area contributed by atoms with Gasteiger partial charge in [0.05, 0.1) is 0 Å². The Kier molecular flexibility index (Phi) is 5.51. The fourth-order valence-electron chi connectivity index (χ4n) is 2.15. The number of amides is 1. The minimum Gasteiger partial charge on any atom is -0.477 e. The van der Waals surface area contributed by atoms with Gasteiger partial charge < -0.3 is 15.7 Å². The van der Waals surface area contributed by atoms with E-state index in [1.165, 1.54) is 24.4 Å². The third-order valence-corrected chi connectivity index (χ3v) is 4.15. The summed E-state index contributed by atoms with van der Waals surface area (Å²) < 4.78 is 23.4. The van der Waals surface area contributed by atoms with E-state index in [1.807, 2.05) is 0 Å². The highest BCUT2D eigenvalue weighted by atomic mass is 32.2. The van der Waals surface area contributed by atoms with Crippen molar-refractivity contribution in [1.82, 2.24) is 19.6 Å². The van der Waals surface area contributed by atoms with E-state index >= 15 is 0 Å². The van der Waals surface area contributed by atoms with Crippen LogP contribution in [0.1, 0.15) is 21.0 Å². The molecule has 11 heteroatoms. The highest BCUT2D eigenvalue weighted by Crippen LogP contribution is 2.25. The number of pyridine rings is 1. The highest BCUT2D eigenvalue weighted by molar-refractivity contribution is 7.87. The lowest BCUT2D eigenvalue weighted by Crippen LogP contribution is -2.30. The predicted molar refractivity (Wildman–Crippen MR) is 89.4 cm³/mol. The normalized spacial score (nSPS) is 11.3. The first-order valence-corrected chi connectivity index (χ1v) is 8.63. The maximum Gasteiger partial charge on any atom is 0.354 e. The molecule has 5 N–H and O–H groups in total. The smallest absolute Gasteiger partial charge is 0.354 e. The van der Waals surface area contributed by atoms with Crippen LogP contribution < -0.4 is 15.8 Å². The third-order valence-electron chi connectivity index (χ3n) is 3.30.